The smallest absolute Gasteiger partial charge is 0.306 e. The van der Waals surface area contributed by atoms with Gasteiger partial charge in [0.2, 0.25) is 5.91 Å². The Morgan fingerprint density at radius 1 is 0.548 bits per heavy atom. The fourth-order valence-corrected chi connectivity index (χ4v) is 8.09. The number of amides is 1. The van der Waals surface area contributed by atoms with Crippen LogP contribution < -0.4 is 5.32 Å². The third-order valence-corrected chi connectivity index (χ3v) is 12.6. The number of allylic oxidation sites excluding steroid dienone is 19. The van der Waals surface area contributed by atoms with Crippen molar-refractivity contribution in [1.82, 2.24) is 5.32 Å². The molecule has 73 heavy (non-hydrogen) atoms. The van der Waals surface area contributed by atoms with E-state index < -0.39 is 67.4 Å². The fourth-order valence-electron chi connectivity index (χ4n) is 8.09. The second-order valence-corrected chi connectivity index (χ2v) is 19.1. The average molecular weight is 1020 g/mol. The highest BCUT2D eigenvalue weighted by Gasteiger charge is 2.47. The number of hydrogen-bond donors (Lipinski definition) is 6. The SMILES string of the molecule is CC\C=C/C=C/C=C/C=C\C=C\C=C\CCCCC(O)C(=O)NC(COC1OC(CO)C(O)C(O)C1OC(=O)CCCCCCCCC/C=C/C=C/C=C/CC)C(O)/C=C/CCCCCCCCCCCCC. The van der Waals surface area contributed by atoms with Gasteiger partial charge in [0.05, 0.1) is 25.4 Å². The van der Waals surface area contributed by atoms with E-state index >= 15 is 0 Å². The van der Waals surface area contributed by atoms with Gasteiger partial charge in [-0.05, 0) is 64.2 Å². The molecule has 0 radical (unpaired) electrons. The summed E-state index contributed by atoms with van der Waals surface area (Å²) >= 11 is 0. The van der Waals surface area contributed by atoms with Crippen LogP contribution in [0.4, 0.5) is 0 Å². The van der Waals surface area contributed by atoms with Crippen LogP contribution in [0.15, 0.2) is 122 Å². The van der Waals surface area contributed by atoms with E-state index in [1.807, 2.05) is 85.1 Å². The van der Waals surface area contributed by atoms with Crippen molar-refractivity contribution < 1.29 is 49.3 Å². The molecule has 1 heterocycles. The summed E-state index contributed by atoms with van der Waals surface area (Å²) in [6, 6.07) is -1.06. The van der Waals surface area contributed by atoms with Crippen molar-refractivity contribution >= 4 is 11.9 Å². The number of hydrogen-bond acceptors (Lipinski definition) is 10. The minimum Gasteiger partial charge on any atom is -0.454 e. The number of aliphatic hydroxyl groups is 5. The Morgan fingerprint density at radius 3 is 1.48 bits per heavy atom. The number of carbonyl (C=O) groups is 2. The molecule has 0 saturated carbocycles. The van der Waals surface area contributed by atoms with E-state index in [9.17, 15) is 35.1 Å². The Hall–Kier alpha value is -3.94. The van der Waals surface area contributed by atoms with E-state index in [-0.39, 0.29) is 19.4 Å². The molecular weight excluding hydrogens is 919 g/mol. The number of ether oxygens (including phenoxy) is 3. The summed E-state index contributed by atoms with van der Waals surface area (Å²) in [6.45, 7) is 5.45. The molecule has 0 aromatic carbocycles. The van der Waals surface area contributed by atoms with Gasteiger partial charge in [-0.1, -0.05) is 245 Å². The molecule has 0 aromatic heterocycles. The molecule has 6 N–H and O–H groups in total. The monoisotopic (exact) mass is 1020 g/mol. The number of aliphatic hydroxyl groups excluding tert-OH is 5. The summed E-state index contributed by atoms with van der Waals surface area (Å²) in [5.74, 6) is -1.27. The summed E-state index contributed by atoms with van der Waals surface area (Å²) in [5.41, 5.74) is 0. The number of rotatable bonds is 45. The maximum atomic E-state index is 13.4. The van der Waals surface area contributed by atoms with Gasteiger partial charge in [-0.25, -0.2) is 0 Å². The van der Waals surface area contributed by atoms with Crippen molar-refractivity contribution in [3.63, 3.8) is 0 Å². The summed E-state index contributed by atoms with van der Waals surface area (Å²) < 4.78 is 17.5. The molecule has 1 saturated heterocycles. The summed E-state index contributed by atoms with van der Waals surface area (Å²) in [6.07, 6.45) is 56.6. The molecule has 8 atom stereocenters. The minimum absolute atomic E-state index is 0.0969. The molecule has 1 fully saturated rings. The van der Waals surface area contributed by atoms with E-state index in [0.29, 0.717) is 12.8 Å². The Bertz CT molecular complexity index is 1640. The van der Waals surface area contributed by atoms with Crippen molar-refractivity contribution in [2.75, 3.05) is 13.2 Å². The second-order valence-electron chi connectivity index (χ2n) is 19.1. The largest absolute Gasteiger partial charge is 0.454 e. The third-order valence-electron chi connectivity index (χ3n) is 12.6. The lowest BCUT2D eigenvalue weighted by Gasteiger charge is -2.41. The second kappa shape index (κ2) is 49.0. The zero-order chi connectivity index (χ0) is 53.3. The zero-order valence-electron chi connectivity index (χ0n) is 45.4. The highest BCUT2D eigenvalue weighted by molar-refractivity contribution is 5.80. The standard InChI is InChI=1S/C62H101NO10/c1-4-7-10-13-16-19-22-25-27-29-31-34-37-40-43-46-49-55(66)61(70)63-53(54(65)48-45-42-39-36-33-30-24-21-18-15-12-9-6-3)52-71-62-60(59(69)58(68)56(51-64)72-62)73-57(67)50-47-44-41-38-35-32-28-26-23-20-17-14-11-8-5-2/h7-8,10-11,13-14,16-17,19-20,22-23,25,27,29,31,34,37,45,48,53-56,58-60,62,64-66,68-69H,4-6,9,12,15,18,21,24,26,28,30,32-33,35-36,38-44,46-47,49-52H2,1-3H3,(H,63,70)/b10-7-,11-8+,16-13+,17-14+,22-19+,23-20+,27-25-,31-29+,37-34+,48-45+. The Kier molecular flexibility index (Phi) is 45.0. The third kappa shape index (κ3) is 37.4. The van der Waals surface area contributed by atoms with E-state index in [1.54, 1.807) is 6.08 Å². The first-order valence-electron chi connectivity index (χ1n) is 28.4. The minimum atomic E-state index is -1.63. The molecule has 8 unspecified atom stereocenters. The quantitative estimate of drug-likeness (QED) is 0.0149. The highest BCUT2D eigenvalue weighted by atomic mass is 16.7. The van der Waals surface area contributed by atoms with Crippen LogP contribution in [0.25, 0.3) is 0 Å². The first kappa shape index (κ1) is 67.1. The highest BCUT2D eigenvalue weighted by Crippen LogP contribution is 2.26. The molecule has 1 aliphatic heterocycles. The van der Waals surface area contributed by atoms with Gasteiger partial charge in [0, 0.05) is 6.42 Å². The lowest BCUT2D eigenvalue weighted by Crippen LogP contribution is -2.61. The van der Waals surface area contributed by atoms with Crippen LogP contribution in [0.1, 0.15) is 194 Å². The van der Waals surface area contributed by atoms with Gasteiger partial charge in [-0.15, -0.1) is 0 Å². The lowest BCUT2D eigenvalue weighted by molar-refractivity contribution is -0.305. The Morgan fingerprint density at radius 2 is 0.986 bits per heavy atom. The van der Waals surface area contributed by atoms with Crippen molar-refractivity contribution in [1.29, 1.82) is 0 Å². The molecule has 0 aromatic rings. The Balaban J connectivity index is 2.81. The molecule has 0 spiro atoms. The summed E-state index contributed by atoms with van der Waals surface area (Å²) in [4.78, 5) is 26.5. The normalized spacial score (nSPS) is 20.4. The van der Waals surface area contributed by atoms with Gasteiger partial charge in [-0.2, -0.15) is 0 Å². The lowest BCUT2D eigenvalue weighted by atomic mass is 9.99. The van der Waals surface area contributed by atoms with Crippen LogP contribution in [0.2, 0.25) is 0 Å². The van der Waals surface area contributed by atoms with Crippen molar-refractivity contribution in [3.8, 4) is 0 Å². The topological polar surface area (TPSA) is 175 Å². The van der Waals surface area contributed by atoms with Crippen LogP contribution in [0, 0.1) is 0 Å². The molecule has 11 heteroatoms. The molecule has 414 valence electrons. The number of unbranched alkanes of at least 4 members (excludes halogenated alkanes) is 20. The molecule has 1 amide bonds. The van der Waals surface area contributed by atoms with E-state index in [0.717, 1.165) is 96.3 Å². The molecule has 11 nitrogen and oxygen atoms in total. The van der Waals surface area contributed by atoms with Gasteiger partial charge in [-0.3, -0.25) is 9.59 Å². The maximum absolute atomic E-state index is 13.4. The van der Waals surface area contributed by atoms with Crippen LogP contribution in [0.5, 0.6) is 0 Å². The molecular formula is C62H101NO10. The summed E-state index contributed by atoms with van der Waals surface area (Å²) in [5, 5.41) is 56.8. The van der Waals surface area contributed by atoms with Crippen molar-refractivity contribution in [2.24, 2.45) is 0 Å². The maximum Gasteiger partial charge on any atom is 0.306 e. The van der Waals surface area contributed by atoms with Gasteiger partial charge in [0.15, 0.2) is 12.4 Å². The van der Waals surface area contributed by atoms with Gasteiger partial charge in [0.25, 0.3) is 0 Å². The molecule has 1 rings (SSSR count). The van der Waals surface area contributed by atoms with Crippen LogP contribution in [0.3, 0.4) is 0 Å². The number of esters is 1. The Labute approximate surface area is 442 Å². The number of carbonyl (C=O) groups excluding carboxylic acids is 2. The zero-order valence-corrected chi connectivity index (χ0v) is 45.4. The number of nitrogens with one attached hydrogen (secondary N) is 1. The average Bonchev–Trinajstić information content (AvgIpc) is 3.39. The van der Waals surface area contributed by atoms with Crippen LogP contribution >= 0.6 is 0 Å². The van der Waals surface area contributed by atoms with Crippen molar-refractivity contribution in [3.05, 3.63) is 122 Å². The summed E-state index contributed by atoms with van der Waals surface area (Å²) in [7, 11) is 0. The molecule has 1 aliphatic rings. The van der Waals surface area contributed by atoms with Gasteiger partial charge < -0.3 is 45.1 Å². The predicted molar refractivity (Wildman–Crippen MR) is 301 cm³/mol. The molecule has 0 bridgehead atoms. The van der Waals surface area contributed by atoms with Gasteiger partial charge in [0.1, 0.15) is 24.4 Å². The first-order valence-corrected chi connectivity index (χ1v) is 28.4. The molecule has 0 aliphatic carbocycles. The van der Waals surface area contributed by atoms with Crippen LogP contribution in [-0.2, 0) is 23.8 Å². The fraction of sp³-hybridized carbons (Fsp3) is 0.645. The van der Waals surface area contributed by atoms with Crippen LogP contribution in [-0.4, -0.2) is 99.6 Å². The van der Waals surface area contributed by atoms with Crippen molar-refractivity contribution in [2.45, 2.75) is 243 Å². The van der Waals surface area contributed by atoms with E-state index in [4.69, 9.17) is 14.2 Å². The van der Waals surface area contributed by atoms with E-state index in [2.05, 4.69) is 56.5 Å². The predicted octanol–water partition coefficient (Wildman–Crippen LogP) is 12.7. The van der Waals surface area contributed by atoms with Gasteiger partial charge >= 0.3 is 5.97 Å². The van der Waals surface area contributed by atoms with E-state index in [1.165, 1.54) is 51.4 Å². The first-order chi connectivity index (χ1) is 35.7.